The molecule has 2 N–H and O–H groups in total. The van der Waals surface area contributed by atoms with Gasteiger partial charge < -0.3 is 20.3 Å². The van der Waals surface area contributed by atoms with Crippen molar-refractivity contribution in [3.8, 4) is 0 Å². The highest BCUT2D eigenvalue weighted by Gasteiger charge is 2.22. The van der Waals surface area contributed by atoms with Crippen molar-refractivity contribution in [1.82, 2.24) is 5.32 Å². The summed E-state index contributed by atoms with van der Waals surface area (Å²) in [6.45, 7) is 3.64. The number of nitrogens with one attached hydrogen (secondary N) is 2. The fourth-order valence-corrected chi connectivity index (χ4v) is 2.40. The van der Waals surface area contributed by atoms with Gasteiger partial charge in [0.1, 0.15) is 5.69 Å². The van der Waals surface area contributed by atoms with Gasteiger partial charge >= 0.3 is 0 Å². The zero-order valence-electron chi connectivity index (χ0n) is 12.0. The number of amides is 1. The number of hydrogen-bond donors (Lipinski definition) is 2. The van der Waals surface area contributed by atoms with E-state index in [4.69, 9.17) is 17.0 Å². The van der Waals surface area contributed by atoms with E-state index in [1.54, 1.807) is 12.1 Å². The van der Waals surface area contributed by atoms with E-state index in [1.807, 2.05) is 4.90 Å². The summed E-state index contributed by atoms with van der Waals surface area (Å²) in [7, 11) is 0. The van der Waals surface area contributed by atoms with Crippen LogP contribution in [0.4, 0.5) is 17.1 Å². The van der Waals surface area contributed by atoms with Gasteiger partial charge in [-0.3, -0.25) is 14.9 Å². The van der Waals surface area contributed by atoms with E-state index in [0.717, 1.165) is 0 Å². The molecule has 2 rings (SSSR count). The van der Waals surface area contributed by atoms with Crippen LogP contribution in [0.2, 0.25) is 0 Å². The Morgan fingerprint density at radius 3 is 2.68 bits per heavy atom. The molecule has 0 unspecified atom stereocenters. The molecule has 1 aromatic carbocycles. The summed E-state index contributed by atoms with van der Waals surface area (Å²) in [4.78, 5) is 23.7. The van der Waals surface area contributed by atoms with Crippen molar-refractivity contribution in [1.29, 1.82) is 0 Å². The number of nitro groups is 1. The lowest BCUT2D eigenvalue weighted by Crippen LogP contribution is -2.36. The number of hydrogen-bond acceptors (Lipinski definition) is 6. The Morgan fingerprint density at radius 1 is 1.41 bits per heavy atom. The fraction of sp³-hybridized carbons (Fsp3) is 0.385. The Labute approximate surface area is 132 Å². The molecule has 0 radical (unpaired) electrons. The predicted octanol–water partition coefficient (Wildman–Crippen LogP) is 1.26. The molecule has 1 amide bonds. The number of ether oxygens (including phenoxy) is 1. The van der Waals surface area contributed by atoms with E-state index < -0.39 is 4.92 Å². The third-order valence-electron chi connectivity index (χ3n) is 3.07. The minimum absolute atomic E-state index is 0.0162. The molecule has 1 heterocycles. The molecule has 1 aromatic rings. The van der Waals surface area contributed by atoms with Crippen molar-refractivity contribution in [3.05, 3.63) is 28.3 Å². The molecular weight excluding hydrogens is 308 g/mol. The second-order valence-electron chi connectivity index (χ2n) is 4.70. The van der Waals surface area contributed by atoms with Gasteiger partial charge in [0, 0.05) is 31.8 Å². The van der Waals surface area contributed by atoms with Gasteiger partial charge in [-0.25, -0.2) is 0 Å². The third kappa shape index (κ3) is 4.12. The zero-order chi connectivity index (χ0) is 16.1. The summed E-state index contributed by atoms with van der Waals surface area (Å²) < 4.78 is 5.25. The fourth-order valence-electron chi connectivity index (χ4n) is 2.14. The minimum atomic E-state index is -0.433. The number of thiocarbonyl (C=S) groups is 1. The first kappa shape index (κ1) is 16.1. The average Bonchev–Trinajstić information content (AvgIpc) is 2.47. The molecule has 0 aromatic heterocycles. The maximum absolute atomic E-state index is 11.3. The second-order valence-corrected chi connectivity index (χ2v) is 5.10. The molecule has 1 aliphatic rings. The van der Waals surface area contributed by atoms with Crippen molar-refractivity contribution in [3.63, 3.8) is 0 Å². The van der Waals surface area contributed by atoms with Crippen LogP contribution in [0.15, 0.2) is 18.2 Å². The first-order valence-corrected chi connectivity index (χ1v) is 7.08. The van der Waals surface area contributed by atoms with Crippen LogP contribution in [0.5, 0.6) is 0 Å². The smallest absolute Gasteiger partial charge is 0.294 e. The Kier molecular flexibility index (Phi) is 5.23. The van der Waals surface area contributed by atoms with Crippen LogP contribution in [0.1, 0.15) is 6.92 Å². The summed E-state index contributed by atoms with van der Waals surface area (Å²) in [5, 5.41) is 16.5. The molecule has 0 aliphatic carbocycles. The van der Waals surface area contributed by atoms with Gasteiger partial charge in [-0.15, -0.1) is 0 Å². The monoisotopic (exact) mass is 324 g/mol. The molecule has 8 nitrogen and oxygen atoms in total. The van der Waals surface area contributed by atoms with Gasteiger partial charge in [-0.1, -0.05) is 0 Å². The van der Waals surface area contributed by atoms with Crippen LogP contribution in [-0.2, 0) is 9.53 Å². The van der Waals surface area contributed by atoms with Gasteiger partial charge in [0.25, 0.3) is 5.69 Å². The van der Waals surface area contributed by atoms with Crippen LogP contribution < -0.4 is 15.5 Å². The standard InChI is InChI=1S/C13H16N4O4S/c1-9(18)14-13(22)15-10-2-3-11(12(8-10)17(19)20)16-4-6-21-7-5-16/h2-3,8H,4-7H2,1H3,(H2,14,15,18,22). The maximum Gasteiger partial charge on any atom is 0.294 e. The Morgan fingerprint density at radius 2 is 2.09 bits per heavy atom. The molecular formula is C13H16N4O4S. The predicted molar refractivity (Wildman–Crippen MR) is 86.2 cm³/mol. The molecule has 0 atom stereocenters. The summed E-state index contributed by atoms with van der Waals surface area (Å²) in [6, 6.07) is 4.76. The molecule has 9 heteroatoms. The van der Waals surface area contributed by atoms with E-state index in [2.05, 4.69) is 10.6 Å². The van der Waals surface area contributed by atoms with Crippen LogP contribution >= 0.6 is 12.2 Å². The normalized spacial score (nSPS) is 14.3. The van der Waals surface area contributed by atoms with Gasteiger partial charge in [-0.05, 0) is 24.4 Å². The summed E-state index contributed by atoms with van der Waals surface area (Å²) >= 11 is 4.94. The van der Waals surface area contributed by atoms with Gasteiger partial charge in [-0.2, -0.15) is 0 Å². The number of nitro benzene ring substituents is 1. The van der Waals surface area contributed by atoms with Crippen molar-refractivity contribution < 1.29 is 14.5 Å². The van der Waals surface area contributed by atoms with Crippen molar-refractivity contribution in [2.45, 2.75) is 6.92 Å². The molecule has 1 aliphatic heterocycles. The van der Waals surface area contributed by atoms with Crippen LogP contribution in [0, 0.1) is 10.1 Å². The minimum Gasteiger partial charge on any atom is -0.378 e. The number of anilines is 2. The SMILES string of the molecule is CC(=O)NC(=S)Nc1ccc(N2CCOCC2)c([N+](=O)[O-])c1. The lowest BCUT2D eigenvalue weighted by Gasteiger charge is -2.28. The topological polar surface area (TPSA) is 96.7 Å². The molecule has 118 valence electrons. The number of carbonyl (C=O) groups excluding carboxylic acids is 1. The number of carbonyl (C=O) groups is 1. The zero-order valence-corrected chi connectivity index (χ0v) is 12.8. The van der Waals surface area contributed by atoms with Gasteiger partial charge in [0.15, 0.2) is 5.11 Å². The van der Waals surface area contributed by atoms with E-state index in [-0.39, 0.29) is 16.7 Å². The number of rotatable bonds is 3. The van der Waals surface area contributed by atoms with Crippen LogP contribution in [-0.4, -0.2) is 42.2 Å². The molecule has 0 spiro atoms. The average molecular weight is 324 g/mol. The molecule has 1 fully saturated rings. The number of morpholine rings is 1. The molecule has 0 saturated carbocycles. The molecule has 1 saturated heterocycles. The van der Waals surface area contributed by atoms with Crippen LogP contribution in [0.25, 0.3) is 0 Å². The lowest BCUT2D eigenvalue weighted by atomic mass is 10.2. The van der Waals surface area contributed by atoms with E-state index in [1.165, 1.54) is 13.0 Å². The Balaban J connectivity index is 2.21. The highest BCUT2D eigenvalue weighted by Crippen LogP contribution is 2.31. The summed E-state index contributed by atoms with van der Waals surface area (Å²) in [6.07, 6.45) is 0. The summed E-state index contributed by atoms with van der Waals surface area (Å²) in [5.74, 6) is -0.308. The quantitative estimate of drug-likeness (QED) is 0.491. The van der Waals surface area contributed by atoms with E-state index in [0.29, 0.717) is 37.7 Å². The largest absolute Gasteiger partial charge is 0.378 e. The first-order chi connectivity index (χ1) is 10.5. The first-order valence-electron chi connectivity index (χ1n) is 6.67. The van der Waals surface area contributed by atoms with Crippen molar-refractivity contribution in [2.24, 2.45) is 0 Å². The van der Waals surface area contributed by atoms with Crippen molar-refractivity contribution >= 4 is 40.3 Å². The number of benzene rings is 1. The lowest BCUT2D eigenvalue weighted by molar-refractivity contribution is -0.384. The third-order valence-corrected chi connectivity index (χ3v) is 3.28. The second kappa shape index (κ2) is 7.14. The van der Waals surface area contributed by atoms with Gasteiger partial charge in [0.05, 0.1) is 18.1 Å². The highest BCUT2D eigenvalue weighted by molar-refractivity contribution is 7.80. The maximum atomic E-state index is 11.3. The van der Waals surface area contributed by atoms with E-state index in [9.17, 15) is 14.9 Å². The molecule has 22 heavy (non-hydrogen) atoms. The Hall–Kier alpha value is -2.26. The molecule has 0 bridgehead atoms. The van der Waals surface area contributed by atoms with Gasteiger partial charge in [0.2, 0.25) is 5.91 Å². The summed E-state index contributed by atoms with van der Waals surface area (Å²) in [5.41, 5.74) is 0.976. The van der Waals surface area contributed by atoms with Crippen molar-refractivity contribution in [2.75, 3.05) is 36.5 Å². The number of nitrogens with zero attached hydrogens (tertiary/aromatic N) is 2. The Bertz CT molecular complexity index is 602. The van der Waals surface area contributed by atoms with E-state index >= 15 is 0 Å². The highest BCUT2D eigenvalue weighted by atomic mass is 32.1. The van der Waals surface area contributed by atoms with Crippen LogP contribution in [0.3, 0.4) is 0 Å².